The quantitative estimate of drug-likeness (QED) is 0.500. The average Bonchev–Trinajstić information content (AvgIpc) is 3.19. The van der Waals surface area contributed by atoms with Crippen molar-refractivity contribution in [2.24, 2.45) is 0 Å². The van der Waals surface area contributed by atoms with Crippen LogP contribution in [0.15, 0.2) is 58.0 Å². The summed E-state index contributed by atoms with van der Waals surface area (Å²) >= 11 is 0. The lowest BCUT2D eigenvalue weighted by Gasteiger charge is -2.18. The van der Waals surface area contributed by atoms with E-state index >= 15 is 0 Å². The molecule has 0 unspecified atom stereocenters. The van der Waals surface area contributed by atoms with Gasteiger partial charge in [-0.05, 0) is 30.3 Å². The van der Waals surface area contributed by atoms with Crippen molar-refractivity contribution in [2.75, 3.05) is 20.2 Å². The van der Waals surface area contributed by atoms with Crippen LogP contribution in [0.5, 0.6) is 5.75 Å². The van der Waals surface area contributed by atoms with E-state index in [1.807, 2.05) is 0 Å². The molecule has 0 aliphatic carbocycles. The summed E-state index contributed by atoms with van der Waals surface area (Å²) < 4.78 is 37.2. The highest BCUT2D eigenvalue weighted by atomic mass is 32.2. The lowest BCUT2D eigenvalue weighted by atomic mass is 10.1. The van der Waals surface area contributed by atoms with Gasteiger partial charge in [-0.25, -0.2) is 8.42 Å². The second-order valence-electron chi connectivity index (χ2n) is 6.92. The molecule has 1 aromatic heterocycles. The van der Waals surface area contributed by atoms with Crippen molar-refractivity contribution in [3.63, 3.8) is 0 Å². The second-order valence-corrected chi connectivity index (χ2v) is 8.86. The number of carbonyl (C=O) groups is 2. The first-order valence-electron chi connectivity index (χ1n) is 10.0. The Morgan fingerprint density at radius 2 is 1.81 bits per heavy atom. The van der Waals surface area contributed by atoms with Gasteiger partial charge in [0.25, 0.3) is 5.91 Å². The fourth-order valence-electron chi connectivity index (χ4n) is 3.25. The van der Waals surface area contributed by atoms with Gasteiger partial charge in [-0.3, -0.25) is 20.4 Å². The third-order valence-electron chi connectivity index (χ3n) is 4.97. The summed E-state index contributed by atoms with van der Waals surface area (Å²) in [4.78, 5) is 24.8. The van der Waals surface area contributed by atoms with Gasteiger partial charge in [0.15, 0.2) is 0 Å². The molecule has 10 heteroatoms. The van der Waals surface area contributed by atoms with Crippen molar-refractivity contribution in [3.05, 3.63) is 59.9 Å². The van der Waals surface area contributed by atoms with E-state index in [1.54, 1.807) is 39.2 Å². The highest BCUT2D eigenvalue weighted by Crippen LogP contribution is 2.25. The molecule has 2 N–H and O–H groups in total. The molecular formula is C22H25N3O6S. The van der Waals surface area contributed by atoms with Crippen LogP contribution in [-0.2, 0) is 21.2 Å². The normalized spacial score (nSPS) is 11.5. The van der Waals surface area contributed by atoms with Crippen molar-refractivity contribution in [3.8, 4) is 5.75 Å². The van der Waals surface area contributed by atoms with Gasteiger partial charge in [0, 0.05) is 35.7 Å². The molecule has 0 radical (unpaired) electrons. The van der Waals surface area contributed by atoms with Crippen molar-refractivity contribution in [2.45, 2.75) is 25.2 Å². The van der Waals surface area contributed by atoms with E-state index in [9.17, 15) is 18.0 Å². The maximum atomic E-state index is 12.7. The van der Waals surface area contributed by atoms with Crippen LogP contribution in [0.4, 0.5) is 0 Å². The van der Waals surface area contributed by atoms with Crippen LogP contribution in [-0.4, -0.2) is 44.7 Å². The number of furan rings is 1. The van der Waals surface area contributed by atoms with Gasteiger partial charge in [-0.1, -0.05) is 19.9 Å². The number of sulfonamides is 1. The molecule has 0 fully saturated rings. The molecule has 0 atom stereocenters. The Bertz CT molecular complexity index is 1230. The van der Waals surface area contributed by atoms with E-state index in [2.05, 4.69) is 10.9 Å². The van der Waals surface area contributed by atoms with Gasteiger partial charge in [0.05, 0.1) is 24.7 Å². The Balaban J connectivity index is 1.65. The van der Waals surface area contributed by atoms with E-state index < -0.39 is 21.8 Å². The zero-order valence-corrected chi connectivity index (χ0v) is 18.9. The summed E-state index contributed by atoms with van der Waals surface area (Å²) in [6.07, 6.45) is 1.46. The third-order valence-corrected chi connectivity index (χ3v) is 7.01. The molecule has 32 heavy (non-hydrogen) atoms. The number of carbonyl (C=O) groups excluding carboxylic acids is 2. The lowest BCUT2D eigenvalue weighted by molar-refractivity contribution is -0.121. The minimum Gasteiger partial charge on any atom is -0.497 e. The molecule has 0 spiro atoms. The maximum absolute atomic E-state index is 12.7. The molecule has 0 bridgehead atoms. The molecule has 3 aromatic rings. The van der Waals surface area contributed by atoms with Crippen molar-refractivity contribution >= 4 is 32.8 Å². The van der Waals surface area contributed by atoms with Gasteiger partial charge in [0.2, 0.25) is 15.9 Å². The predicted molar refractivity (Wildman–Crippen MR) is 119 cm³/mol. The van der Waals surface area contributed by atoms with Crippen molar-refractivity contribution in [1.82, 2.24) is 15.2 Å². The number of hydrazine groups is 1. The Labute approximate surface area is 186 Å². The monoisotopic (exact) mass is 459 g/mol. The molecule has 0 saturated heterocycles. The predicted octanol–water partition coefficient (Wildman–Crippen LogP) is 2.48. The molecule has 2 amide bonds. The van der Waals surface area contributed by atoms with Crippen LogP contribution < -0.4 is 15.6 Å². The number of nitrogens with one attached hydrogen (secondary N) is 2. The Morgan fingerprint density at radius 3 is 2.50 bits per heavy atom. The topological polar surface area (TPSA) is 118 Å². The SMILES string of the molecule is CCN(CC)S(=O)(=O)c1cccc(C(=O)NNC(=O)Cc2coc3cc(OC)ccc23)c1. The van der Waals surface area contributed by atoms with Crippen molar-refractivity contribution in [1.29, 1.82) is 0 Å². The third kappa shape index (κ3) is 4.92. The second kappa shape index (κ2) is 9.84. The summed E-state index contributed by atoms with van der Waals surface area (Å²) in [5.41, 5.74) is 6.01. The first kappa shape index (κ1) is 23.3. The highest BCUT2D eigenvalue weighted by Gasteiger charge is 2.22. The maximum Gasteiger partial charge on any atom is 0.269 e. The zero-order valence-electron chi connectivity index (χ0n) is 18.0. The van der Waals surface area contributed by atoms with E-state index in [0.29, 0.717) is 30.0 Å². The molecule has 3 rings (SSSR count). The number of methoxy groups -OCH3 is 1. The van der Waals surface area contributed by atoms with Gasteiger partial charge >= 0.3 is 0 Å². The summed E-state index contributed by atoms with van der Waals surface area (Å²) in [5, 5.41) is 0.765. The summed E-state index contributed by atoms with van der Waals surface area (Å²) in [6, 6.07) is 10.9. The van der Waals surface area contributed by atoms with Crippen LogP contribution in [0, 0.1) is 0 Å². The van der Waals surface area contributed by atoms with Gasteiger partial charge in [-0.15, -0.1) is 0 Å². The van der Waals surface area contributed by atoms with Crippen LogP contribution in [0.3, 0.4) is 0 Å². The molecule has 2 aromatic carbocycles. The number of nitrogens with zero attached hydrogens (tertiary/aromatic N) is 1. The van der Waals surface area contributed by atoms with E-state index in [4.69, 9.17) is 9.15 Å². The molecule has 0 aliphatic rings. The number of hydrogen-bond donors (Lipinski definition) is 2. The lowest BCUT2D eigenvalue weighted by Crippen LogP contribution is -2.42. The smallest absolute Gasteiger partial charge is 0.269 e. The molecular weight excluding hydrogens is 434 g/mol. The van der Waals surface area contributed by atoms with Crippen molar-refractivity contribution < 1.29 is 27.2 Å². The summed E-state index contributed by atoms with van der Waals surface area (Å²) in [5.74, 6) is -0.444. The van der Waals surface area contributed by atoms with Crippen LogP contribution >= 0.6 is 0 Å². The first-order valence-corrected chi connectivity index (χ1v) is 11.5. The average molecular weight is 460 g/mol. The fraction of sp³-hybridized carbons (Fsp3) is 0.273. The van der Waals surface area contributed by atoms with Gasteiger partial charge in [0.1, 0.15) is 11.3 Å². The van der Waals surface area contributed by atoms with Crippen LogP contribution in [0.1, 0.15) is 29.8 Å². The molecule has 0 saturated carbocycles. The standard InChI is InChI=1S/C22H25N3O6S/c1-4-25(5-2)32(28,29)18-8-6-7-15(11-18)22(27)24-23-21(26)12-16-14-31-20-13-17(30-3)9-10-19(16)20/h6-11,13-14H,4-5,12H2,1-3H3,(H,23,26)(H,24,27). The number of fused-ring (bicyclic) bond motifs is 1. The fourth-order valence-corrected chi connectivity index (χ4v) is 4.76. The number of ether oxygens (including phenoxy) is 1. The van der Waals surface area contributed by atoms with Crippen LogP contribution in [0.2, 0.25) is 0 Å². The molecule has 9 nitrogen and oxygen atoms in total. The first-order chi connectivity index (χ1) is 15.3. The van der Waals surface area contributed by atoms with E-state index in [1.165, 1.54) is 34.8 Å². The molecule has 1 heterocycles. The Kier molecular flexibility index (Phi) is 7.16. The number of hydrogen-bond acceptors (Lipinski definition) is 6. The summed E-state index contributed by atoms with van der Waals surface area (Å²) in [6.45, 7) is 4.13. The number of rotatable bonds is 8. The Morgan fingerprint density at radius 1 is 1.06 bits per heavy atom. The largest absolute Gasteiger partial charge is 0.497 e. The Hall–Kier alpha value is -3.37. The minimum atomic E-state index is -3.70. The summed E-state index contributed by atoms with van der Waals surface area (Å²) in [7, 11) is -2.15. The van der Waals surface area contributed by atoms with Gasteiger partial charge in [-0.2, -0.15) is 4.31 Å². The highest BCUT2D eigenvalue weighted by molar-refractivity contribution is 7.89. The number of amides is 2. The molecule has 0 aliphatic heterocycles. The van der Waals surface area contributed by atoms with E-state index in [-0.39, 0.29) is 16.9 Å². The molecule has 170 valence electrons. The zero-order chi connectivity index (χ0) is 23.3. The number of benzene rings is 2. The van der Waals surface area contributed by atoms with Gasteiger partial charge < -0.3 is 9.15 Å². The van der Waals surface area contributed by atoms with Crippen LogP contribution in [0.25, 0.3) is 11.0 Å². The minimum absolute atomic E-state index is 0.0143. The van der Waals surface area contributed by atoms with E-state index in [0.717, 1.165) is 5.39 Å².